The summed E-state index contributed by atoms with van der Waals surface area (Å²) in [7, 11) is 0. The number of benzene rings is 1. The molecule has 8 heteroatoms. The van der Waals surface area contributed by atoms with E-state index >= 15 is 0 Å². The molecule has 0 saturated heterocycles. The number of nitrogens with zero attached hydrogens (tertiary/aromatic N) is 3. The second-order valence-corrected chi connectivity index (χ2v) is 5.72. The normalized spacial score (nSPS) is 12.4. The first-order valence-electron chi connectivity index (χ1n) is 5.80. The van der Waals surface area contributed by atoms with Crippen molar-refractivity contribution in [1.29, 1.82) is 0 Å². The van der Waals surface area contributed by atoms with Crippen LogP contribution in [0.25, 0.3) is 16.7 Å². The molecule has 0 unspecified atom stereocenters. The SMILES string of the molecule is CCOC(=O)/C(=C(/C)N)n1nnc2cc(Br)c(Br)cc21. The third kappa shape index (κ3) is 2.71. The first-order chi connectivity index (χ1) is 9.45. The van der Waals surface area contributed by atoms with Crippen LogP contribution in [0.4, 0.5) is 0 Å². The fourth-order valence-electron chi connectivity index (χ4n) is 1.70. The Bertz CT molecular complexity index is 705. The molecule has 1 heterocycles. The molecule has 0 aliphatic rings. The second-order valence-electron chi connectivity index (χ2n) is 4.01. The number of hydrogen-bond acceptors (Lipinski definition) is 5. The fraction of sp³-hybridized carbons (Fsp3) is 0.250. The third-order valence-corrected chi connectivity index (χ3v) is 4.39. The van der Waals surface area contributed by atoms with Gasteiger partial charge in [0.25, 0.3) is 0 Å². The van der Waals surface area contributed by atoms with Gasteiger partial charge in [0.15, 0.2) is 5.70 Å². The van der Waals surface area contributed by atoms with E-state index < -0.39 is 5.97 Å². The van der Waals surface area contributed by atoms with Gasteiger partial charge in [-0.15, -0.1) is 5.10 Å². The number of ether oxygens (including phenoxy) is 1. The maximum absolute atomic E-state index is 12.0. The second kappa shape index (κ2) is 5.92. The summed E-state index contributed by atoms with van der Waals surface area (Å²) in [5, 5.41) is 8.02. The molecule has 2 N–H and O–H groups in total. The van der Waals surface area contributed by atoms with E-state index in [9.17, 15) is 4.79 Å². The Labute approximate surface area is 132 Å². The summed E-state index contributed by atoms with van der Waals surface area (Å²) < 4.78 is 8.07. The summed E-state index contributed by atoms with van der Waals surface area (Å²) in [6.07, 6.45) is 0. The van der Waals surface area contributed by atoms with Crippen molar-refractivity contribution in [2.45, 2.75) is 13.8 Å². The molecule has 106 valence electrons. The summed E-state index contributed by atoms with van der Waals surface area (Å²) >= 11 is 6.80. The summed E-state index contributed by atoms with van der Waals surface area (Å²) in [5.74, 6) is -0.529. The Morgan fingerprint density at radius 2 is 2.05 bits per heavy atom. The summed E-state index contributed by atoms with van der Waals surface area (Å²) in [4.78, 5) is 12.0. The predicted octanol–water partition coefficient (Wildman–Crippen LogP) is 2.67. The highest BCUT2D eigenvalue weighted by Crippen LogP contribution is 2.28. The molecule has 0 bridgehead atoms. The monoisotopic (exact) mass is 402 g/mol. The Morgan fingerprint density at radius 3 is 2.65 bits per heavy atom. The van der Waals surface area contributed by atoms with Crippen LogP contribution < -0.4 is 5.73 Å². The van der Waals surface area contributed by atoms with Gasteiger partial charge < -0.3 is 10.5 Å². The van der Waals surface area contributed by atoms with Gasteiger partial charge in [0.2, 0.25) is 0 Å². The molecular formula is C12H12Br2N4O2. The average Bonchev–Trinajstić information content (AvgIpc) is 2.73. The number of carbonyl (C=O) groups excluding carboxylic acids is 1. The van der Waals surface area contributed by atoms with Crippen molar-refractivity contribution in [2.75, 3.05) is 6.61 Å². The molecule has 0 aliphatic heterocycles. The molecule has 0 aliphatic carbocycles. The van der Waals surface area contributed by atoms with Crippen LogP contribution >= 0.6 is 31.9 Å². The van der Waals surface area contributed by atoms with E-state index in [0.717, 1.165) is 8.95 Å². The maximum atomic E-state index is 12.0. The molecule has 1 aromatic carbocycles. The Hall–Kier alpha value is -1.41. The smallest absolute Gasteiger partial charge is 0.358 e. The Morgan fingerprint density at radius 1 is 1.40 bits per heavy atom. The van der Waals surface area contributed by atoms with E-state index in [1.165, 1.54) is 4.68 Å². The lowest BCUT2D eigenvalue weighted by Crippen LogP contribution is -2.18. The minimum Gasteiger partial charge on any atom is -0.461 e. The van der Waals surface area contributed by atoms with Gasteiger partial charge in [0.05, 0.1) is 12.1 Å². The number of allylic oxidation sites excluding steroid dienone is 1. The molecule has 20 heavy (non-hydrogen) atoms. The molecule has 0 spiro atoms. The largest absolute Gasteiger partial charge is 0.461 e. The lowest BCUT2D eigenvalue weighted by Gasteiger charge is -2.09. The van der Waals surface area contributed by atoms with Crippen LogP contribution in [0.5, 0.6) is 0 Å². The number of aromatic nitrogens is 3. The van der Waals surface area contributed by atoms with Crippen LogP contribution in [-0.2, 0) is 9.53 Å². The number of esters is 1. The molecule has 0 amide bonds. The van der Waals surface area contributed by atoms with Gasteiger partial charge in [0.1, 0.15) is 5.52 Å². The topological polar surface area (TPSA) is 83.0 Å². The number of nitrogens with two attached hydrogens (primary N) is 1. The van der Waals surface area contributed by atoms with Gasteiger partial charge in [-0.25, -0.2) is 9.48 Å². The van der Waals surface area contributed by atoms with E-state index in [1.54, 1.807) is 19.9 Å². The van der Waals surface area contributed by atoms with Gasteiger partial charge in [-0.2, -0.15) is 0 Å². The van der Waals surface area contributed by atoms with Crippen LogP contribution in [0, 0.1) is 0 Å². The van der Waals surface area contributed by atoms with Crippen LogP contribution in [-0.4, -0.2) is 27.6 Å². The highest BCUT2D eigenvalue weighted by molar-refractivity contribution is 9.13. The van der Waals surface area contributed by atoms with E-state index in [2.05, 4.69) is 42.2 Å². The molecule has 6 nitrogen and oxygen atoms in total. The molecule has 0 radical (unpaired) electrons. The summed E-state index contributed by atoms with van der Waals surface area (Å²) in [6, 6.07) is 3.61. The van der Waals surface area contributed by atoms with Crippen LogP contribution in [0.1, 0.15) is 13.8 Å². The van der Waals surface area contributed by atoms with Crippen LogP contribution in [0.15, 0.2) is 26.8 Å². The minimum atomic E-state index is -0.529. The van der Waals surface area contributed by atoms with Gasteiger partial charge in [0, 0.05) is 14.6 Å². The minimum absolute atomic E-state index is 0.170. The van der Waals surface area contributed by atoms with Gasteiger partial charge in [-0.05, 0) is 57.8 Å². The number of fused-ring (bicyclic) bond motifs is 1. The molecule has 2 rings (SSSR count). The van der Waals surface area contributed by atoms with Crippen molar-refractivity contribution in [2.24, 2.45) is 5.73 Å². The van der Waals surface area contributed by atoms with E-state index in [1.807, 2.05) is 6.07 Å². The van der Waals surface area contributed by atoms with Crippen molar-refractivity contribution in [3.63, 3.8) is 0 Å². The Balaban J connectivity index is 2.64. The van der Waals surface area contributed by atoms with E-state index in [-0.39, 0.29) is 12.3 Å². The molecule has 0 atom stereocenters. The quantitative estimate of drug-likeness (QED) is 0.629. The van der Waals surface area contributed by atoms with Crippen molar-refractivity contribution in [1.82, 2.24) is 15.0 Å². The van der Waals surface area contributed by atoms with E-state index in [4.69, 9.17) is 10.5 Å². The number of carbonyl (C=O) groups is 1. The zero-order valence-electron chi connectivity index (χ0n) is 10.9. The fourth-order valence-corrected chi connectivity index (χ4v) is 2.36. The van der Waals surface area contributed by atoms with Crippen molar-refractivity contribution < 1.29 is 9.53 Å². The van der Waals surface area contributed by atoms with Gasteiger partial charge in [-0.3, -0.25) is 0 Å². The molecule has 0 fully saturated rings. The molecular weight excluding hydrogens is 392 g/mol. The first-order valence-corrected chi connectivity index (χ1v) is 7.38. The first kappa shape index (κ1) is 15.0. The number of rotatable bonds is 3. The summed E-state index contributed by atoms with van der Waals surface area (Å²) in [6.45, 7) is 3.61. The lowest BCUT2D eigenvalue weighted by molar-refractivity contribution is -0.136. The number of halogens is 2. The van der Waals surface area contributed by atoms with E-state index in [0.29, 0.717) is 16.7 Å². The Kier molecular flexibility index (Phi) is 4.44. The number of hydrogen-bond donors (Lipinski definition) is 1. The van der Waals surface area contributed by atoms with Crippen molar-refractivity contribution >= 4 is 54.6 Å². The average molecular weight is 404 g/mol. The maximum Gasteiger partial charge on any atom is 0.358 e. The van der Waals surface area contributed by atoms with Crippen molar-refractivity contribution in [3.8, 4) is 0 Å². The van der Waals surface area contributed by atoms with Gasteiger partial charge >= 0.3 is 5.97 Å². The highest BCUT2D eigenvalue weighted by atomic mass is 79.9. The molecule has 0 saturated carbocycles. The highest BCUT2D eigenvalue weighted by Gasteiger charge is 2.20. The standard InChI is InChI=1S/C12H12Br2N4O2/c1-3-20-12(19)11(6(2)15)18-10-5-8(14)7(13)4-9(10)16-17-18/h4-5H,3,15H2,1-2H3/b11-6+. The zero-order valence-corrected chi connectivity index (χ0v) is 14.0. The van der Waals surface area contributed by atoms with Gasteiger partial charge in [-0.1, -0.05) is 5.21 Å². The van der Waals surface area contributed by atoms with Crippen LogP contribution in [0.2, 0.25) is 0 Å². The van der Waals surface area contributed by atoms with Crippen molar-refractivity contribution in [3.05, 3.63) is 26.8 Å². The zero-order chi connectivity index (χ0) is 14.9. The van der Waals surface area contributed by atoms with Crippen LogP contribution in [0.3, 0.4) is 0 Å². The lowest BCUT2D eigenvalue weighted by atomic mass is 10.3. The summed E-state index contributed by atoms with van der Waals surface area (Å²) in [5.41, 5.74) is 7.57. The predicted molar refractivity (Wildman–Crippen MR) is 82.6 cm³/mol. The molecule has 2 aromatic rings. The third-order valence-electron chi connectivity index (χ3n) is 2.54. The molecule has 1 aromatic heterocycles.